The minimum atomic E-state index is 0.455. The molecule has 1 saturated carbocycles. The van der Waals surface area contributed by atoms with Gasteiger partial charge in [0.2, 0.25) is 0 Å². The monoisotopic (exact) mass is 380 g/mol. The molecule has 1 fully saturated rings. The van der Waals surface area contributed by atoms with Crippen LogP contribution in [0.1, 0.15) is 42.9 Å². The van der Waals surface area contributed by atoms with Gasteiger partial charge in [-0.3, -0.25) is 0 Å². The molecular formula is C20H21ClN6. The summed E-state index contributed by atoms with van der Waals surface area (Å²) in [6, 6.07) is 10.7. The van der Waals surface area contributed by atoms with Crippen molar-refractivity contribution in [3.63, 3.8) is 0 Å². The molecule has 0 saturated heterocycles. The van der Waals surface area contributed by atoms with Crippen molar-refractivity contribution in [1.82, 2.24) is 30.1 Å². The number of fused-ring (bicyclic) bond motifs is 3. The summed E-state index contributed by atoms with van der Waals surface area (Å²) in [4.78, 5) is 7.56. The molecule has 138 valence electrons. The lowest BCUT2D eigenvalue weighted by molar-refractivity contribution is 0.339. The SMILES string of the molecule is Clc1ccc(CNC2CCC(c3nnn4cnc5[nH]ccc5c34)CC2)cc1. The van der Waals surface area contributed by atoms with Gasteiger partial charge in [-0.2, -0.15) is 0 Å². The molecule has 1 aliphatic rings. The summed E-state index contributed by atoms with van der Waals surface area (Å²) in [5, 5.41) is 14.4. The maximum atomic E-state index is 5.96. The molecule has 3 heterocycles. The van der Waals surface area contributed by atoms with Crippen LogP contribution in [0, 0.1) is 0 Å². The lowest BCUT2D eigenvalue weighted by Crippen LogP contribution is -2.32. The van der Waals surface area contributed by atoms with E-state index >= 15 is 0 Å². The number of H-pyrrole nitrogens is 1. The fraction of sp³-hybridized carbons (Fsp3) is 0.350. The van der Waals surface area contributed by atoms with Crippen LogP contribution in [0.25, 0.3) is 16.6 Å². The minimum absolute atomic E-state index is 0.455. The molecule has 27 heavy (non-hydrogen) atoms. The van der Waals surface area contributed by atoms with Crippen molar-refractivity contribution in [1.29, 1.82) is 0 Å². The Kier molecular flexibility index (Phi) is 4.30. The van der Waals surface area contributed by atoms with Gasteiger partial charge in [0.15, 0.2) is 0 Å². The third-order valence-corrected chi connectivity index (χ3v) is 5.87. The third kappa shape index (κ3) is 3.19. The van der Waals surface area contributed by atoms with Crippen molar-refractivity contribution in [2.24, 2.45) is 0 Å². The molecule has 0 aliphatic heterocycles. The number of hydrogen-bond acceptors (Lipinski definition) is 4. The van der Waals surface area contributed by atoms with E-state index in [4.69, 9.17) is 11.6 Å². The van der Waals surface area contributed by atoms with Crippen molar-refractivity contribution in [2.75, 3.05) is 0 Å². The number of aromatic nitrogens is 5. The summed E-state index contributed by atoms with van der Waals surface area (Å²) in [6.07, 6.45) is 8.22. The van der Waals surface area contributed by atoms with Gasteiger partial charge < -0.3 is 10.3 Å². The smallest absolute Gasteiger partial charge is 0.141 e. The maximum absolute atomic E-state index is 5.96. The molecule has 0 radical (unpaired) electrons. The first-order valence-electron chi connectivity index (χ1n) is 9.43. The number of benzene rings is 1. The van der Waals surface area contributed by atoms with Crippen LogP contribution in [0.15, 0.2) is 42.9 Å². The first-order chi connectivity index (χ1) is 13.3. The molecule has 0 spiro atoms. The number of nitrogens with zero attached hydrogens (tertiary/aromatic N) is 4. The predicted octanol–water partition coefficient (Wildman–Crippen LogP) is 4.08. The zero-order chi connectivity index (χ0) is 18.2. The zero-order valence-corrected chi connectivity index (χ0v) is 15.7. The van der Waals surface area contributed by atoms with Gasteiger partial charge in [0.25, 0.3) is 0 Å². The number of aromatic amines is 1. The average molecular weight is 381 g/mol. The highest BCUT2D eigenvalue weighted by atomic mass is 35.5. The van der Waals surface area contributed by atoms with Crippen molar-refractivity contribution in [3.05, 3.63) is 59.1 Å². The van der Waals surface area contributed by atoms with Crippen LogP contribution in [0.5, 0.6) is 0 Å². The highest BCUT2D eigenvalue weighted by Crippen LogP contribution is 2.35. The molecule has 7 heteroatoms. The van der Waals surface area contributed by atoms with Crippen molar-refractivity contribution >= 4 is 28.2 Å². The molecule has 1 aliphatic carbocycles. The largest absolute Gasteiger partial charge is 0.346 e. The second-order valence-corrected chi connectivity index (χ2v) is 7.74. The van der Waals surface area contributed by atoms with E-state index in [2.05, 4.69) is 43.8 Å². The van der Waals surface area contributed by atoms with Crippen LogP contribution in [0.4, 0.5) is 0 Å². The van der Waals surface area contributed by atoms with E-state index in [-0.39, 0.29) is 0 Å². The molecule has 5 rings (SSSR count). The molecule has 3 aromatic heterocycles. The van der Waals surface area contributed by atoms with E-state index in [1.165, 1.54) is 5.56 Å². The van der Waals surface area contributed by atoms with E-state index in [0.717, 1.165) is 59.5 Å². The fourth-order valence-corrected chi connectivity index (χ4v) is 4.26. The molecule has 0 atom stereocenters. The Labute approximate surface area is 161 Å². The summed E-state index contributed by atoms with van der Waals surface area (Å²) < 4.78 is 1.80. The first kappa shape index (κ1) is 16.7. The summed E-state index contributed by atoms with van der Waals surface area (Å²) >= 11 is 5.96. The van der Waals surface area contributed by atoms with E-state index in [1.807, 2.05) is 18.3 Å². The topological polar surface area (TPSA) is 70.9 Å². The Morgan fingerprint density at radius 3 is 2.74 bits per heavy atom. The Morgan fingerprint density at radius 1 is 1.11 bits per heavy atom. The van der Waals surface area contributed by atoms with Crippen LogP contribution in [-0.2, 0) is 6.54 Å². The van der Waals surface area contributed by atoms with Crippen LogP contribution in [0.3, 0.4) is 0 Å². The van der Waals surface area contributed by atoms with Gasteiger partial charge in [-0.1, -0.05) is 28.9 Å². The van der Waals surface area contributed by atoms with Gasteiger partial charge in [-0.15, -0.1) is 5.10 Å². The highest BCUT2D eigenvalue weighted by Gasteiger charge is 2.26. The zero-order valence-electron chi connectivity index (χ0n) is 14.9. The molecule has 2 N–H and O–H groups in total. The normalized spacial score (nSPS) is 20.5. The summed E-state index contributed by atoms with van der Waals surface area (Å²) in [7, 11) is 0. The molecular weight excluding hydrogens is 360 g/mol. The second kappa shape index (κ2) is 6.94. The van der Waals surface area contributed by atoms with Gasteiger partial charge in [0.05, 0.1) is 5.69 Å². The summed E-state index contributed by atoms with van der Waals surface area (Å²) in [5.74, 6) is 0.455. The second-order valence-electron chi connectivity index (χ2n) is 7.31. The van der Waals surface area contributed by atoms with Gasteiger partial charge in [-0.05, 0) is 49.4 Å². The van der Waals surface area contributed by atoms with Crippen molar-refractivity contribution < 1.29 is 0 Å². The quantitative estimate of drug-likeness (QED) is 0.559. The molecule has 0 bridgehead atoms. The van der Waals surface area contributed by atoms with Crippen LogP contribution in [0.2, 0.25) is 5.02 Å². The number of nitrogens with one attached hydrogen (secondary N) is 2. The molecule has 0 unspecified atom stereocenters. The number of hydrogen-bond donors (Lipinski definition) is 2. The Morgan fingerprint density at radius 2 is 1.93 bits per heavy atom. The van der Waals surface area contributed by atoms with Gasteiger partial charge >= 0.3 is 0 Å². The Hall–Kier alpha value is -2.44. The standard InChI is InChI=1S/C20H21ClN6/c21-15-5-1-13(2-6-15)11-23-16-7-3-14(4-8-16)18-19-17-9-10-22-20(17)24-12-27(19)26-25-18/h1-2,5-6,9-10,12,14,16,22-23H,3-4,7-8,11H2. The van der Waals surface area contributed by atoms with Crippen molar-refractivity contribution in [3.8, 4) is 0 Å². The Balaban J connectivity index is 1.27. The lowest BCUT2D eigenvalue weighted by Gasteiger charge is -2.28. The van der Waals surface area contributed by atoms with Crippen LogP contribution < -0.4 is 5.32 Å². The van der Waals surface area contributed by atoms with Crippen LogP contribution >= 0.6 is 11.6 Å². The van der Waals surface area contributed by atoms with E-state index in [9.17, 15) is 0 Å². The molecule has 0 amide bonds. The van der Waals surface area contributed by atoms with E-state index in [1.54, 1.807) is 10.8 Å². The predicted molar refractivity (Wildman–Crippen MR) is 106 cm³/mol. The third-order valence-electron chi connectivity index (χ3n) is 5.62. The van der Waals surface area contributed by atoms with Crippen molar-refractivity contribution in [2.45, 2.75) is 44.2 Å². The average Bonchev–Trinajstić information content (AvgIpc) is 3.34. The van der Waals surface area contributed by atoms with Crippen LogP contribution in [-0.4, -0.2) is 30.8 Å². The summed E-state index contributed by atoms with van der Waals surface area (Å²) in [5.41, 5.74) is 4.37. The molecule has 4 aromatic rings. The highest BCUT2D eigenvalue weighted by molar-refractivity contribution is 6.30. The minimum Gasteiger partial charge on any atom is -0.346 e. The van der Waals surface area contributed by atoms with E-state index < -0.39 is 0 Å². The van der Waals surface area contributed by atoms with Gasteiger partial charge in [0.1, 0.15) is 17.5 Å². The fourth-order valence-electron chi connectivity index (χ4n) is 4.13. The van der Waals surface area contributed by atoms with Gasteiger partial charge in [-0.25, -0.2) is 9.50 Å². The number of halogens is 1. The van der Waals surface area contributed by atoms with E-state index in [0.29, 0.717) is 12.0 Å². The summed E-state index contributed by atoms with van der Waals surface area (Å²) in [6.45, 7) is 0.886. The Bertz CT molecular complexity index is 1060. The maximum Gasteiger partial charge on any atom is 0.141 e. The van der Waals surface area contributed by atoms with Gasteiger partial charge in [0, 0.05) is 35.1 Å². The first-order valence-corrected chi connectivity index (χ1v) is 9.80. The molecule has 6 nitrogen and oxygen atoms in total. The molecule has 1 aromatic carbocycles. The lowest BCUT2D eigenvalue weighted by atomic mass is 9.83. The number of rotatable bonds is 4.